The molecule has 2 aromatic carbocycles. The van der Waals surface area contributed by atoms with Gasteiger partial charge in [-0.1, -0.05) is 69.3 Å². The lowest BCUT2D eigenvalue weighted by Gasteiger charge is -2.34. The Morgan fingerprint density at radius 1 is 1.09 bits per heavy atom. The first-order valence-corrected chi connectivity index (χ1v) is 12.1. The lowest BCUT2D eigenvalue weighted by atomic mass is 9.85. The monoisotopic (exact) mass is 468 g/mol. The minimum atomic E-state index is -1.04. The Morgan fingerprint density at radius 2 is 1.67 bits per heavy atom. The number of ether oxygens (including phenoxy) is 1. The molecule has 1 aliphatic heterocycles. The number of rotatable bonds is 5. The Morgan fingerprint density at radius 3 is 2.21 bits per heavy atom. The van der Waals surface area contributed by atoms with Gasteiger partial charge in [-0.3, -0.25) is 4.79 Å². The first-order valence-electron chi connectivity index (χ1n) is 10.9. The molecule has 1 fully saturated rings. The standard InChI is InChI=1S/C25H28N2O5S/c1-25(2,3)21(22(28)27-14-33-13-20(27)23(29)30)26-24(31)32-12-19-17-10-6-4-8-15(17)16-9-5-7-11-18(16)19/h4-11,19-21H,12-14H2,1-3H3,(H,26,31)(H,29,30)/t20-,21-/m0/s1. The van der Waals surface area contributed by atoms with Crippen LogP contribution in [0.1, 0.15) is 37.8 Å². The van der Waals surface area contributed by atoms with Gasteiger partial charge in [-0.15, -0.1) is 11.8 Å². The van der Waals surface area contributed by atoms with E-state index in [4.69, 9.17) is 4.74 Å². The summed E-state index contributed by atoms with van der Waals surface area (Å²) in [5.74, 6) is -0.911. The number of carbonyl (C=O) groups excluding carboxylic acids is 2. The number of hydrogen-bond donors (Lipinski definition) is 2. The molecule has 0 unspecified atom stereocenters. The van der Waals surface area contributed by atoms with Crippen molar-refractivity contribution in [1.29, 1.82) is 0 Å². The number of carboxylic acid groups (broad SMARTS) is 1. The molecule has 7 nitrogen and oxygen atoms in total. The zero-order valence-electron chi connectivity index (χ0n) is 18.9. The van der Waals surface area contributed by atoms with E-state index in [-0.39, 0.29) is 18.4 Å². The summed E-state index contributed by atoms with van der Waals surface area (Å²) in [6.45, 7) is 5.64. The smallest absolute Gasteiger partial charge is 0.407 e. The molecule has 174 valence electrons. The number of thioether (sulfide) groups is 1. The van der Waals surface area contributed by atoms with Gasteiger partial charge in [-0.2, -0.15) is 0 Å². The maximum atomic E-state index is 13.2. The van der Waals surface area contributed by atoms with Crippen molar-refractivity contribution < 1.29 is 24.2 Å². The number of hydrogen-bond acceptors (Lipinski definition) is 5. The van der Waals surface area contributed by atoms with Crippen molar-refractivity contribution in [2.75, 3.05) is 18.2 Å². The van der Waals surface area contributed by atoms with Crippen LogP contribution in [0.2, 0.25) is 0 Å². The third-order valence-electron chi connectivity index (χ3n) is 6.17. The topological polar surface area (TPSA) is 95.9 Å². The van der Waals surface area contributed by atoms with E-state index in [1.165, 1.54) is 16.7 Å². The van der Waals surface area contributed by atoms with Crippen molar-refractivity contribution in [2.45, 2.75) is 38.8 Å². The number of aliphatic carboxylic acids is 1. The summed E-state index contributed by atoms with van der Waals surface area (Å²) in [5.41, 5.74) is 3.85. The van der Waals surface area contributed by atoms with Crippen LogP contribution in [0.15, 0.2) is 48.5 Å². The number of nitrogens with one attached hydrogen (secondary N) is 1. The summed E-state index contributed by atoms with van der Waals surface area (Å²) in [7, 11) is 0. The fourth-order valence-electron chi connectivity index (χ4n) is 4.44. The largest absolute Gasteiger partial charge is 0.480 e. The number of alkyl carbamates (subject to hydrolysis) is 1. The summed E-state index contributed by atoms with van der Waals surface area (Å²) in [4.78, 5) is 38.9. The summed E-state index contributed by atoms with van der Waals surface area (Å²) >= 11 is 1.39. The molecule has 1 saturated heterocycles. The van der Waals surface area contributed by atoms with Gasteiger partial charge < -0.3 is 20.1 Å². The normalized spacial score (nSPS) is 18.4. The number of nitrogens with zero attached hydrogens (tertiary/aromatic N) is 1. The summed E-state index contributed by atoms with van der Waals surface area (Å²) in [6, 6.07) is 14.3. The Bertz CT molecular complexity index is 1030. The van der Waals surface area contributed by atoms with Crippen LogP contribution in [0.5, 0.6) is 0 Å². The molecule has 2 aromatic rings. The summed E-state index contributed by atoms with van der Waals surface area (Å²) in [5, 5.41) is 12.2. The van der Waals surface area contributed by atoms with Gasteiger partial charge in [0.05, 0.1) is 5.88 Å². The fourth-order valence-corrected chi connectivity index (χ4v) is 5.59. The highest BCUT2D eigenvalue weighted by molar-refractivity contribution is 7.99. The van der Waals surface area contributed by atoms with E-state index in [0.29, 0.717) is 5.75 Å². The zero-order valence-corrected chi connectivity index (χ0v) is 19.7. The average Bonchev–Trinajstić information content (AvgIpc) is 3.38. The van der Waals surface area contributed by atoms with Crippen molar-refractivity contribution in [3.63, 3.8) is 0 Å². The Hall–Kier alpha value is -3.00. The highest BCUT2D eigenvalue weighted by atomic mass is 32.2. The molecule has 33 heavy (non-hydrogen) atoms. The second-order valence-corrected chi connectivity index (χ2v) is 10.4. The van der Waals surface area contributed by atoms with Crippen LogP contribution in [0, 0.1) is 5.41 Å². The SMILES string of the molecule is CC(C)(C)[C@@H](NC(=O)OCC1c2ccccc2-c2ccccc21)C(=O)N1CSC[C@H]1C(=O)O. The number of carboxylic acids is 1. The van der Waals surface area contributed by atoms with Crippen molar-refractivity contribution in [2.24, 2.45) is 5.41 Å². The molecule has 8 heteroatoms. The minimum Gasteiger partial charge on any atom is -0.480 e. The van der Waals surface area contributed by atoms with Crippen LogP contribution in [-0.4, -0.2) is 58.3 Å². The summed E-state index contributed by atoms with van der Waals surface area (Å²) < 4.78 is 5.61. The van der Waals surface area contributed by atoms with Crippen LogP contribution in [0.4, 0.5) is 4.79 Å². The van der Waals surface area contributed by atoms with Gasteiger partial charge in [0.15, 0.2) is 0 Å². The van der Waals surface area contributed by atoms with E-state index < -0.39 is 35.5 Å². The molecular weight excluding hydrogens is 440 g/mol. The molecule has 2 amide bonds. The first-order chi connectivity index (χ1) is 15.7. The minimum absolute atomic E-state index is 0.0849. The Balaban J connectivity index is 1.47. The van der Waals surface area contributed by atoms with Gasteiger partial charge in [-0.25, -0.2) is 9.59 Å². The maximum absolute atomic E-state index is 13.2. The Labute approximate surface area is 197 Å². The molecule has 1 aliphatic carbocycles. The molecule has 0 aromatic heterocycles. The molecule has 2 N–H and O–H groups in total. The number of carbonyl (C=O) groups is 3. The predicted octanol–water partition coefficient (Wildman–Crippen LogP) is 3.93. The van der Waals surface area contributed by atoms with Crippen LogP contribution in [0.25, 0.3) is 11.1 Å². The fraction of sp³-hybridized carbons (Fsp3) is 0.400. The molecule has 0 radical (unpaired) electrons. The number of benzene rings is 2. The first kappa shape index (κ1) is 23.2. The maximum Gasteiger partial charge on any atom is 0.407 e. The molecule has 1 heterocycles. The molecule has 2 atom stereocenters. The van der Waals surface area contributed by atoms with Gasteiger partial charge in [0.1, 0.15) is 18.7 Å². The van der Waals surface area contributed by atoms with E-state index in [1.54, 1.807) is 0 Å². The van der Waals surface area contributed by atoms with Gasteiger partial charge in [0.25, 0.3) is 0 Å². The predicted molar refractivity (Wildman–Crippen MR) is 127 cm³/mol. The van der Waals surface area contributed by atoms with Crippen molar-refractivity contribution in [3.05, 3.63) is 59.7 Å². The molecular formula is C25H28N2O5S. The number of fused-ring (bicyclic) bond motifs is 3. The Kier molecular flexibility index (Phi) is 6.38. The van der Waals surface area contributed by atoms with E-state index in [9.17, 15) is 19.5 Å². The van der Waals surface area contributed by atoms with Crippen molar-refractivity contribution in [1.82, 2.24) is 10.2 Å². The highest BCUT2D eigenvalue weighted by Gasteiger charge is 2.42. The second kappa shape index (κ2) is 9.09. The summed E-state index contributed by atoms with van der Waals surface area (Å²) in [6.07, 6.45) is -0.691. The highest BCUT2D eigenvalue weighted by Crippen LogP contribution is 2.44. The third-order valence-corrected chi connectivity index (χ3v) is 7.18. The second-order valence-electron chi connectivity index (χ2n) is 9.43. The molecule has 0 bridgehead atoms. The molecule has 2 aliphatic rings. The third kappa shape index (κ3) is 4.57. The lowest BCUT2D eigenvalue weighted by Crippen LogP contribution is -2.57. The van der Waals surface area contributed by atoms with E-state index >= 15 is 0 Å². The quantitative estimate of drug-likeness (QED) is 0.690. The van der Waals surface area contributed by atoms with E-state index in [2.05, 4.69) is 17.4 Å². The zero-order chi connectivity index (χ0) is 23.8. The van der Waals surface area contributed by atoms with Gasteiger partial charge >= 0.3 is 12.1 Å². The van der Waals surface area contributed by atoms with Crippen molar-refractivity contribution >= 4 is 29.7 Å². The molecule has 4 rings (SSSR count). The van der Waals surface area contributed by atoms with Crippen molar-refractivity contribution in [3.8, 4) is 11.1 Å². The van der Waals surface area contributed by atoms with Gasteiger partial charge in [0.2, 0.25) is 5.91 Å². The molecule has 0 saturated carbocycles. The number of amides is 2. The van der Waals surface area contributed by atoms with Crippen LogP contribution < -0.4 is 5.32 Å². The lowest BCUT2D eigenvalue weighted by molar-refractivity contribution is -0.149. The van der Waals surface area contributed by atoms with Gasteiger partial charge in [0, 0.05) is 11.7 Å². The van der Waals surface area contributed by atoms with Gasteiger partial charge in [-0.05, 0) is 27.7 Å². The van der Waals surface area contributed by atoms with E-state index in [1.807, 2.05) is 57.2 Å². The average molecular weight is 469 g/mol. The van der Waals surface area contributed by atoms with Crippen LogP contribution in [0.3, 0.4) is 0 Å². The van der Waals surface area contributed by atoms with Crippen LogP contribution >= 0.6 is 11.8 Å². The van der Waals surface area contributed by atoms with E-state index in [0.717, 1.165) is 22.3 Å². The van der Waals surface area contributed by atoms with Crippen LogP contribution in [-0.2, 0) is 14.3 Å². The molecule has 0 spiro atoms.